The minimum atomic E-state index is -0.187. The van der Waals surface area contributed by atoms with Crippen molar-refractivity contribution in [3.63, 3.8) is 0 Å². The molecular weight excluding hydrogens is 310 g/mol. The number of anilines is 2. The minimum Gasteiger partial charge on any atom is -0.371 e. The maximum atomic E-state index is 12.1. The fraction of sp³-hybridized carbons (Fsp3) is 0.381. The molecule has 2 atom stereocenters. The number of nitrogens with zero attached hydrogens (tertiary/aromatic N) is 1. The number of para-hydroxylation sites is 1. The summed E-state index contributed by atoms with van der Waals surface area (Å²) >= 11 is 0. The Morgan fingerprint density at radius 2 is 1.84 bits per heavy atom. The van der Waals surface area contributed by atoms with Crippen LogP contribution in [0.5, 0.6) is 0 Å². The molecule has 0 saturated carbocycles. The van der Waals surface area contributed by atoms with Crippen LogP contribution in [0.4, 0.5) is 16.2 Å². The molecule has 0 radical (unpaired) electrons. The number of urea groups is 1. The maximum absolute atomic E-state index is 12.1. The second-order valence-corrected chi connectivity index (χ2v) is 6.97. The highest BCUT2D eigenvalue weighted by molar-refractivity contribution is 5.89. The Hall–Kier alpha value is -2.49. The van der Waals surface area contributed by atoms with Crippen molar-refractivity contribution in [3.05, 3.63) is 60.2 Å². The molecule has 2 aromatic carbocycles. The van der Waals surface area contributed by atoms with Crippen molar-refractivity contribution in [2.75, 3.05) is 23.3 Å². The van der Waals surface area contributed by atoms with E-state index < -0.39 is 0 Å². The van der Waals surface area contributed by atoms with Crippen LogP contribution in [0.1, 0.15) is 38.3 Å². The van der Waals surface area contributed by atoms with Gasteiger partial charge in [0.2, 0.25) is 0 Å². The minimum absolute atomic E-state index is 0.0435. The van der Waals surface area contributed by atoms with Crippen molar-refractivity contribution in [2.45, 2.75) is 32.7 Å². The lowest BCUT2D eigenvalue weighted by atomic mass is 9.99. The van der Waals surface area contributed by atoms with Crippen molar-refractivity contribution in [1.82, 2.24) is 5.32 Å². The van der Waals surface area contributed by atoms with E-state index in [4.69, 9.17) is 0 Å². The van der Waals surface area contributed by atoms with Gasteiger partial charge in [-0.15, -0.1) is 0 Å². The van der Waals surface area contributed by atoms with Gasteiger partial charge in [0, 0.05) is 24.5 Å². The van der Waals surface area contributed by atoms with Gasteiger partial charge in [0.15, 0.2) is 0 Å². The van der Waals surface area contributed by atoms with E-state index in [1.807, 2.05) is 37.3 Å². The molecule has 4 nitrogen and oxygen atoms in total. The van der Waals surface area contributed by atoms with Gasteiger partial charge in [-0.05, 0) is 55.5 Å². The van der Waals surface area contributed by atoms with Crippen LogP contribution in [0.25, 0.3) is 0 Å². The van der Waals surface area contributed by atoms with Crippen LogP contribution in [-0.4, -0.2) is 19.1 Å². The molecule has 2 aromatic rings. The van der Waals surface area contributed by atoms with E-state index in [2.05, 4.69) is 46.7 Å². The maximum Gasteiger partial charge on any atom is 0.319 e. The molecule has 1 saturated heterocycles. The molecule has 25 heavy (non-hydrogen) atoms. The highest BCUT2D eigenvalue weighted by Crippen LogP contribution is 2.24. The summed E-state index contributed by atoms with van der Waals surface area (Å²) in [4.78, 5) is 14.6. The Bertz CT molecular complexity index is 684. The third kappa shape index (κ3) is 4.75. The summed E-state index contributed by atoms with van der Waals surface area (Å²) in [7, 11) is 0. The number of piperidine rings is 1. The molecule has 0 aromatic heterocycles. The zero-order chi connectivity index (χ0) is 17.6. The van der Waals surface area contributed by atoms with E-state index in [1.54, 1.807) is 0 Å². The molecule has 2 amide bonds. The zero-order valence-corrected chi connectivity index (χ0v) is 15.0. The molecule has 1 aliphatic rings. The quantitative estimate of drug-likeness (QED) is 0.841. The van der Waals surface area contributed by atoms with Crippen LogP contribution >= 0.6 is 0 Å². The molecule has 0 bridgehead atoms. The van der Waals surface area contributed by atoms with E-state index in [0.717, 1.165) is 30.3 Å². The van der Waals surface area contributed by atoms with Crippen LogP contribution in [0.2, 0.25) is 0 Å². The third-order valence-electron chi connectivity index (χ3n) is 4.79. The SMILES string of the molecule is C[C@H]1CCCN(c2ccc([C@@H](C)NC(=O)Nc3ccccc3)cc2)C1. The van der Waals surface area contributed by atoms with Gasteiger partial charge < -0.3 is 15.5 Å². The first kappa shape index (κ1) is 17.3. The summed E-state index contributed by atoms with van der Waals surface area (Å²) < 4.78 is 0. The smallest absolute Gasteiger partial charge is 0.319 e. The second-order valence-electron chi connectivity index (χ2n) is 6.97. The number of hydrogen-bond donors (Lipinski definition) is 2. The molecule has 132 valence electrons. The molecule has 2 N–H and O–H groups in total. The Kier molecular flexibility index (Phi) is 5.59. The molecule has 4 heteroatoms. The van der Waals surface area contributed by atoms with Crippen molar-refractivity contribution >= 4 is 17.4 Å². The van der Waals surface area contributed by atoms with Crippen LogP contribution < -0.4 is 15.5 Å². The molecule has 0 spiro atoms. The van der Waals surface area contributed by atoms with Gasteiger partial charge >= 0.3 is 6.03 Å². The predicted octanol–water partition coefficient (Wildman–Crippen LogP) is 4.81. The zero-order valence-electron chi connectivity index (χ0n) is 15.0. The van der Waals surface area contributed by atoms with Gasteiger partial charge in [-0.2, -0.15) is 0 Å². The molecular formula is C21H27N3O. The second kappa shape index (κ2) is 8.06. The average molecular weight is 337 g/mol. The number of hydrogen-bond acceptors (Lipinski definition) is 2. The summed E-state index contributed by atoms with van der Waals surface area (Å²) in [6.45, 7) is 6.59. The third-order valence-corrected chi connectivity index (χ3v) is 4.79. The Labute approximate surface area is 150 Å². The topological polar surface area (TPSA) is 44.4 Å². The lowest BCUT2D eigenvalue weighted by Gasteiger charge is -2.33. The summed E-state index contributed by atoms with van der Waals surface area (Å²) in [6.07, 6.45) is 2.59. The summed E-state index contributed by atoms with van der Waals surface area (Å²) in [5.74, 6) is 0.760. The van der Waals surface area contributed by atoms with Gasteiger partial charge in [0.05, 0.1) is 6.04 Å². The Morgan fingerprint density at radius 3 is 2.52 bits per heavy atom. The molecule has 3 rings (SSSR count). The summed E-state index contributed by atoms with van der Waals surface area (Å²) in [5.41, 5.74) is 3.18. The monoisotopic (exact) mass is 337 g/mol. The number of carbonyl (C=O) groups is 1. The van der Waals surface area contributed by atoms with E-state index in [0.29, 0.717) is 0 Å². The standard InChI is InChI=1S/C21H27N3O/c1-16-7-6-14-24(15-16)20-12-10-18(11-13-20)17(2)22-21(25)23-19-8-4-3-5-9-19/h3-5,8-13,16-17H,6-7,14-15H2,1-2H3,(H2,22,23,25)/t16-,17+/m0/s1. The lowest BCUT2D eigenvalue weighted by molar-refractivity contribution is 0.249. The van der Waals surface area contributed by atoms with Crippen molar-refractivity contribution in [3.8, 4) is 0 Å². The highest BCUT2D eigenvalue weighted by Gasteiger charge is 2.17. The molecule has 0 aliphatic carbocycles. The van der Waals surface area contributed by atoms with E-state index >= 15 is 0 Å². The fourth-order valence-corrected chi connectivity index (χ4v) is 3.37. The van der Waals surface area contributed by atoms with Gasteiger partial charge in [0.1, 0.15) is 0 Å². The number of nitrogens with one attached hydrogen (secondary N) is 2. The first-order chi connectivity index (χ1) is 12.1. The fourth-order valence-electron chi connectivity index (χ4n) is 3.37. The number of carbonyl (C=O) groups excluding carboxylic acids is 1. The van der Waals surface area contributed by atoms with Crippen LogP contribution in [0.15, 0.2) is 54.6 Å². The van der Waals surface area contributed by atoms with E-state index in [9.17, 15) is 4.79 Å². The van der Waals surface area contributed by atoms with Gasteiger partial charge in [-0.1, -0.05) is 37.3 Å². The molecule has 1 fully saturated rings. The molecule has 1 heterocycles. The van der Waals surface area contributed by atoms with Gasteiger partial charge in [0.25, 0.3) is 0 Å². The van der Waals surface area contributed by atoms with Crippen molar-refractivity contribution < 1.29 is 4.79 Å². The first-order valence-corrected chi connectivity index (χ1v) is 9.09. The summed E-state index contributed by atoms with van der Waals surface area (Å²) in [5, 5.41) is 5.84. The number of benzene rings is 2. The lowest BCUT2D eigenvalue weighted by Crippen LogP contribution is -2.34. The Balaban J connectivity index is 1.57. The van der Waals surface area contributed by atoms with E-state index in [1.165, 1.54) is 18.5 Å². The van der Waals surface area contributed by atoms with Gasteiger partial charge in [-0.3, -0.25) is 0 Å². The first-order valence-electron chi connectivity index (χ1n) is 9.09. The molecule has 1 aliphatic heterocycles. The summed E-state index contributed by atoms with van der Waals surface area (Å²) in [6, 6.07) is 17.8. The highest BCUT2D eigenvalue weighted by atomic mass is 16.2. The van der Waals surface area contributed by atoms with Crippen molar-refractivity contribution in [2.24, 2.45) is 5.92 Å². The Morgan fingerprint density at radius 1 is 1.12 bits per heavy atom. The average Bonchev–Trinajstić information content (AvgIpc) is 2.62. The normalized spacial score (nSPS) is 18.5. The molecule has 0 unspecified atom stereocenters. The van der Waals surface area contributed by atoms with E-state index in [-0.39, 0.29) is 12.1 Å². The van der Waals surface area contributed by atoms with Crippen LogP contribution in [-0.2, 0) is 0 Å². The number of amides is 2. The predicted molar refractivity (Wildman–Crippen MR) is 104 cm³/mol. The van der Waals surface area contributed by atoms with Crippen LogP contribution in [0, 0.1) is 5.92 Å². The number of rotatable bonds is 4. The van der Waals surface area contributed by atoms with Crippen LogP contribution in [0.3, 0.4) is 0 Å². The van der Waals surface area contributed by atoms with Crippen molar-refractivity contribution in [1.29, 1.82) is 0 Å². The van der Waals surface area contributed by atoms with Gasteiger partial charge in [-0.25, -0.2) is 4.79 Å². The largest absolute Gasteiger partial charge is 0.371 e.